The second-order valence-corrected chi connectivity index (χ2v) is 23.5. The molecule has 0 spiro atoms. The molecule has 0 aliphatic rings. The lowest BCUT2D eigenvalue weighted by Gasteiger charge is -2.02. The van der Waals surface area contributed by atoms with Crippen LogP contribution in [-0.4, -0.2) is 57.3 Å². The summed E-state index contributed by atoms with van der Waals surface area (Å²) in [5, 5.41) is 0. The van der Waals surface area contributed by atoms with E-state index in [0.717, 1.165) is 84.7 Å². The predicted molar refractivity (Wildman–Crippen MR) is 355 cm³/mol. The van der Waals surface area contributed by atoms with Crippen molar-refractivity contribution in [1.29, 1.82) is 0 Å². The number of fused-ring (bicyclic) bond motifs is 6. The smallest absolute Gasteiger partial charge is 0.260 e. The molecule has 0 atom stereocenters. The maximum absolute atomic E-state index is 4.63. The number of aromatic nitrogens is 18. The SMILES string of the molecule is CC[n+]1c(C)n(C)c2c(C)ccnc21.CC[n+]1c(C)n(C)c2cc(C)nc(C)c21.CC[n+]1c(C)n(C)c2cccnc21.CCn1c(C)[n+](C)c2c(C)c(C)nc(C)c21.CCn1c(C)[n+](C)c2c(C)c(C)ncc21.CCn1c(C)[n+](C)c2c(C)cnc(C)c21. The maximum Gasteiger partial charge on any atom is 0.302 e. The van der Waals surface area contributed by atoms with Crippen molar-refractivity contribution in [2.75, 3.05) is 0 Å². The van der Waals surface area contributed by atoms with Crippen LogP contribution in [0.5, 0.6) is 0 Å². The van der Waals surface area contributed by atoms with E-state index in [1.807, 2.05) is 37.8 Å². The van der Waals surface area contributed by atoms with E-state index >= 15 is 0 Å². The highest BCUT2D eigenvalue weighted by Crippen LogP contribution is 2.24. The molecular formula is C70H104N18+6. The Labute approximate surface area is 523 Å². The lowest BCUT2D eigenvalue weighted by molar-refractivity contribution is -0.676. The Kier molecular flexibility index (Phi) is 20.9. The first-order valence-corrected chi connectivity index (χ1v) is 31.5. The molecule has 0 unspecified atom stereocenters. The van der Waals surface area contributed by atoms with Gasteiger partial charge in [-0.25, -0.2) is 45.7 Å². The quantitative estimate of drug-likeness (QED) is 0.153. The van der Waals surface area contributed by atoms with Crippen LogP contribution >= 0.6 is 0 Å². The summed E-state index contributed by atoms with van der Waals surface area (Å²) in [6.07, 6.45) is 7.66. The molecule has 0 bridgehead atoms. The Bertz CT molecular complexity index is 4540. The summed E-state index contributed by atoms with van der Waals surface area (Å²) < 4.78 is 27.1. The molecule has 88 heavy (non-hydrogen) atoms. The molecule has 0 amide bonds. The van der Waals surface area contributed by atoms with E-state index in [1.54, 1.807) is 0 Å². The number of nitrogens with zero attached hydrogens (tertiary/aromatic N) is 18. The molecule has 0 aromatic carbocycles. The zero-order valence-corrected chi connectivity index (χ0v) is 58.9. The number of rotatable bonds is 6. The fourth-order valence-corrected chi connectivity index (χ4v) is 13.1. The molecule has 0 N–H and O–H groups in total. The average Bonchev–Trinajstić information content (AvgIpc) is 2.21. The molecule has 12 rings (SSSR count). The lowest BCUT2D eigenvalue weighted by Crippen LogP contribution is -2.35. The van der Waals surface area contributed by atoms with Crippen LogP contribution in [0.2, 0.25) is 0 Å². The van der Waals surface area contributed by atoms with Crippen molar-refractivity contribution < 1.29 is 27.4 Å². The first kappa shape index (κ1) is 67.2. The molecule has 12 aromatic rings. The highest BCUT2D eigenvalue weighted by molar-refractivity contribution is 5.80. The number of imidazole rings is 6. The Morgan fingerprint density at radius 3 is 1.45 bits per heavy atom. The summed E-state index contributed by atoms with van der Waals surface area (Å²) in [7, 11) is 12.7. The van der Waals surface area contributed by atoms with Crippen molar-refractivity contribution in [2.45, 2.75) is 192 Å². The first-order valence-electron chi connectivity index (χ1n) is 31.5. The molecule has 468 valence electrons. The molecule has 18 heteroatoms. The average molecular weight is 1200 g/mol. The minimum Gasteiger partial charge on any atom is -0.260 e. The summed E-state index contributed by atoms with van der Waals surface area (Å²) in [5.74, 6) is 7.63. The maximum atomic E-state index is 4.63. The minimum absolute atomic E-state index is 0.972. The van der Waals surface area contributed by atoms with Gasteiger partial charge in [-0.2, -0.15) is 0 Å². The van der Waals surface area contributed by atoms with Crippen LogP contribution < -0.4 is 27.4 Å². The van der Waals surface area contributed by atoms with Crippen molar-refractivity contribution >= 4 is 66.5 Å². The Hall–Kier alpha value is -8.28. The van der Waals surface area contributed by atoms with Crippen LogP contribution in [0.3, 0.4) is 0 Å². The molecule has 0 radical (unpaired) electrons. The van der Waals surface area contributed by atoms with Crippen molar-refractivity contribution in [3.05, 3.63) is 140 Å². The first-order chi connectivity index (χ1) is 41.6. The second-order valence-electron chi connectivity index (χ2n) is 23.5. The third-order valence-corrected chi connectivity index (χ3v) is 18.7. The summed E-state index contributed by atoms with van der Waals surface area (Å²) in [6.45, 7) is 52.8. The Morgan fingerprint density at radius 1 is 0.375 bits per heavy atom. The molecule has 0 aliphatic heterocycles. The van der Waals surface area contributed by atoms with E-state index in [9.17, 15) is 0 Å². The number of pyridine rings is 6. The predicted octanol–water partition coefficient (Wildman–Crippen LogP) is 10.2. The van der Waals surface area contributed by atoms with Gasteiger partial charge < -0.3 is 0 Å². The second kappa shape index (κ2) is 27.4. The van der Waals surface area contributed by atoms with Crippen LogP contribution in [-0.2, 0) is 81.6 Å². The van der Waals surface area contributed by atoms with Crippen LogP contribution in [0.25, 0.3) is 66.5 Å². The summed E-state index contributed by atoms with van der Waals surface area (Å²) >= 11 is 0. The van der Waals surface area contributed by atoms with E-state index in [0.29, 0.717) is 0 Å². The fourth-order valence-electron chi connectivity index (χ4n) is 13.1. The topological polar surface area (TPSA) is 130 Å². The summed E-state index contributed by atoms with van der Waals surface area (Å²) in [4.78, 5) is 26.8. The third kappa shape index (κ3) is 12.1. The third-order valence-electron chi connectivity index (χ3n) is 18.7. The standard InChI is InChI=1S/C13H20N3.3C12H18N3.C11H16N3.C10H14N3/c1-7-16-11(5)15(6)12-8(2)9(3)14-10(4)13(12)16;1-6-15-10(4)14(5)12-8(2)9(3)13-7-11(12)15;1-6-15-10(4)14(5)11-8(2)7-13-9(3)12(11)15;1-6-15-10(4)14(5)11-7-8(2)13-9(3)12(11)15;1-5-14-9(3)13(4)10-8(2)6-7-12-11(10)14;1-4-13-8(2)12(3)9-6-5-7-11-10(9)13/h7H2,1-6H3;3*7H,6H2,1-5H3;6-7H,5H2,1-4H3;5-7H,4H2,1-3H3/q6*+1. The van der Waals surface area contributed by atoms with Gasteiger partial charge in [0, 0.05) is 87.6 Å². The Balaban J connectivity index is 0.000000151. The molecule has 12 heterocycles. The van der Waals surface area contributed by atoms with Gasteiger partial charge in [0.25, 0.3) is 23.3 Å². The van der Waals surface area contributed by atoms with Gasteiger partial charge in [-0.15, -0.1) is 9.97 Å². The molecular weight excluding hydrogens is 1090 g/mol. The van der Waals surface area contributed by atoms with Crippen molar-refractivity contribution in [1.82, 2.24) is 57.3 Å². The summed E-state index contributed by atoms with van der Waals surface area (Å²) in [6, 6.07) is 8.28. The molecule has 0 fully saturated rings. The van der Waals surface area contributed by atoms with Crippen LogP contribution in [0.1, 0.15) is 133 Å². The van der Waals surface area contributed by atoms with E-state index in [-0.39, 0.29) is 0 Å². The van der Waals surface area contributed by atoms with Gasteiger partial charge in [-0.3, -0.25) is 29.1 Å². The molecule has 0 saturated heterocycles. The van der Waals surface area contributed by atoms with Gasteiger partial charge in [0.05, 0.1) is 105 Å². The van der Waals surface area contributed by atoms with Gasteiger partial charge in [-0.05, 0) is 135 Å². The normalized spacial score (nSPS) is 11.2. The van der Waals surface area contributed by atoms with E-state index in [4.69, 9.17) is 0 Å². The van der Waals surface area contributed by atoms with E-state index in [2.05, 4.69) is 291 Å². The minimum atomic E-state index is 0.972. The highest BCUT2D eigenvalue weighted by Gasteiger charge is 2.27. The van der Waals surface area contributed by atoms with Crippen molar-refractivity contribution in [2.24, 2.45) is 42.3 Å². The summed E-state index contributed by atoms with van der Waals surface area (Å²) in [5.41, 5.74) is 26.7. The fraction of sp³-hybridized carbons (Fsp3) is 0.486. The molecule has 18 nitrogen and oxygen atoms in total. The lowest BCUT2D eigenvalue weighted by atomic mass is 10.1. The Morgan fingerprint density at radius 2 is 0.864 bits per heavy atom. The molecule has 0 aliphatic carbocycles. The van der Waals surface area contributed by atoms with Crippen LogP contribution in [0.15, 0.2) is 49.1 Å². The molecule has 12 aromatic heterocycles. The zero-order valence-electron chi connectivity index (χ0n) is 58.9. The van der Waals surface area contributed by atoms with Gasteiger partial charge in [0.1, 0.15) is 12.4 Å². The number of hydrogen-bond acceptors (Lipinski definition) is 6. The number of hydrogen-bond donors (Lipinski definition) is 0. The zero-order chi connectivity index (χ0) is 65.2. The van der Waals surface area contributed by atoms with Crippen LogP contribution in [0.4, 0.5) is 0 Å². The molecule has 0 saturated carbocycles. The van der Waals surface area contributed by atoms with Gasteiger partial charge in [0.15, 0.2) is 55.2 Å². The monoisotopic (exact) mass is 1200 g/mol. The van der Waals surface area contributed by atoms with E-state index in [1.165, 1.54) is 112 Å². The van der Waals surface area contributed by atoms with Gasteiger partial charge in [0.2, 0.25) is 11.6 Å². The highest BCUT2D eigenvalue weighted by atomic mass is 15.2. The van der Waals surface area contributed by atoms with Gasteiger partial charge >= 0.3 is 11.3 Å². The van der Waals surface area contributed by atoms with Crippen molar-refractivity contribution in [3.8, 4) is 0 Å². The van der Waals surface area contributed by atoms with Gasteiger partial charge in [-0.1, -0.05) is 0 Å². The van der Waals surface area contributed by atoms with E-state index < -0.39 is 0 Å². The van der Waals surface area contributed by atoms with Crippen LogP contribution in [0, 0.1) is 111 Å². The number of aryl methyl sites for hydroxylation is 22. The largest absolute Gasteiger partial charge is 0.302 e. The van der Waals surface area contributed by atoms with Crippen molar-refractivity contribution in [3.63, 3.8) is 0 Å².